The van der Waals surface area contributed by atoms with Crippen molar-refractivity contribution in [1.29, 1.82) is 1.34 Å². The second-order valence-corrected chi connectivity index (χ2v) is 15.0. The molecule has 2 saturated heterocycles. The summed E-state index contributed by atoms with van der Waals surface area (Å²) in [5.74, 6) is 0.457. The molecule has 0 aliphatic carbocycles. The third kappa shape index (κ3) is 13.5. The number of anilines is 1. The number of rotatable bonds is 9. The molecule has 61 heavy (non-hydrogen) atoms. The van der Waals surface area contributed by atoms with Crippen molar-refractivity contribution in [2.75, 3.05) is 45.3 Å². The quantitative estimate of drug-likeness (QED) is 0.0979. The van der Waals surface area contributed by atoms with Gasteiger partial charge in [-0.15, -0.1) is 0 Å². The molecule has 2 atom stereocenters. The fourth-order valence-electron chi connectivity index (χ4n) is 6.89. The number of aliphatic hydroxyl groups excluding tert-OH is 2. The summed E-state index contributed by atoms with van der Waals surface area (Å²) in [7, 11) is 6.77. The van der Waals surface area contributed by atoms with E-state index in [0.717, 1.165) is 49.4 Å². The third-order valence-electron chi connectivity index (χ3n) is 9.94. The molecule has 0 saturated carbocycles. The van der Waals surface area contributed by atoms with E-state index in [-0.39, 0.29) is 55.0 Å². The number of nitrogens with zero attached hydrogens (tertiary/aromatic N) is 3. The number of hydrogen-bond donors (Lipinski definition) is 3. The molecule has 4 aromatic carbocycles. The van der Waals surface area contributed by atoms with Gasteiger partial charge in [0.1, 0.15) is 29.0 Å². The van der Waals surface area contributed by atoms with Crippen LogP contribution in [0.5, 0.6) is 11.5 Å². The zero-order chi connectivity index (χ0) is 43.9. The number of β-amino-alcohol motifs (C(OH)–C–C–N with tert-alkyl or cyclic N) is 2. The second kappa shape index (κ2) is 24.0. The molecule has 15 heteroatoms. The molecule has 4 heterocycles. The van der Waals surface area contributed by atoms with Crippen LogP contribution in [0.4, 0.5) is 19.0 Å². The normalized spacial score (nSPS) is 15.4. The molecule has 2 aliphatic heterocycles. The molecule has 6 aromatic rings. The predicted octanol–water partition coefficient (Wildman–Crippen LogP) is 8.68. The molecule has 2 radical (unpaired) electrons. The van der Waals surface area contributed by atoms with Gasteiger partial charge < -0.3 is 29.9 Å². The molecular weight excluding hydrogens is 1050 g/mol. The summed E-state index contributed by atoms with van der Waals surface area (Å²) in [6.07, 6.45) is 5.21. The number of hydrogen-bond acceptors (Lipinski definition) is 8. The molecule has 2 aromatic heterocycles. The average molecular weight is 1100 g/mol. The Hall–Kier alpha value is -4.05. The monoisotopic (exact) mass is 1100 g/mol. The minimum Gasteiger partial charge on any atom is -0.496 e. The molecule has 2 aliphatic rings. The van der Waals surface area contributed by atoms with E-state index < -0.39 is 5.95 Å². The van der Waals surface area contributed by atoms with Crippen molar-refractivity contribution in [3.63, 3.8) is 0 Å². The van der Waals surface area contributed by atoms with Crippen molar-refractivity contribution < 1.29 is 64.0 Å². The topological polar surface area (TPSA) is 100.0 Å². The maximum Gasteiger partial charge on any atom is 0.212 e. The van der Waals surface area contributed by atoms with Crippen LogP contribution >= 0.6 is 23.2 Å². The maximum absolute atomic E-state index is 15.4. The van der Waals surface area contributed by atoms with E-state index in [1.807, 2.05) is 18.2 Å². The Labute approximate surface area is 391 Å². The summed E-state index contributed by atoms with van der Waals surface area (Å²) in [4.78, 5) is 10.2. The van der Waals surface area contributed by atoms with Crippen LogP contribution in [-0.2, 0) is 12.8 Å². The van der Waals surface area contributed by atoms with E-state index in [4.69, 9.17) is 39.1 Å². The summed E-state index contributed by atoms with van der Waals surface area (Å²) >= 11 is 12.1. The van der Waals surface area contributed by atoms with Gasteiger partial charge in [-0.1, -0.05) is 71.7 Å². The molecule has 0 spiro atoms. The van der Waals surface area contributed by atoms with Crippen molar-refractivity contribution in [2.45, 2.75) is 37.9 Å². The Morgan fingerprint density at radius 2 is 1.28 bits per heavy atom. The number of aromatic nitrogens is 2. The Morgan fingerprint density at radius 1 is 0.738 bits per heavy atom. The van der Waals surface area contributed by atoms with E-state index in [1.54, 1.807) is 79.0 Å². The molecular formula is C46H46BCl2F3N4O4U. The summed E-state index contributed by atoms with van der Waals surface area (Å²) < 4.78 is 59.3. The maximum atomic E-state index is 15.4. The molecule has 2 unspecified atom stereocenters. The van der Waals surface area contributed by atoms with E-state index in [1.165, 1.54) is 26.5 Å². The zero-order valence-electron chi connectivity index (χ0n) is 34.7. The number of methoxy groups -OCH3 is 2. The van der Waals surface area contributed by atoms with Crippen LogP contribution in [0.25, 0.3) is 22.3 Å². The molecule has 0 bridgehead atoms. The van der Waals surface area contributed by atoms with Gasteiger partial charge in [0.2, 0.25) is 5.95 Å². The van der Waals surface area contributed by atoms with Gasteiger partial charge in [-0.25, -0.2) is 18.7 Å². The number of nitrogens with one attached hydrogen (secondary N) is 1. The standard InChI is InChI=1S/C23H22ClFN2O2.C19H14ClF2NO.C4H9NO.BH.U/c1-29-20-7-6-17(23(25)22(20)16-3-2-4-18(24)12-16)11-15-5-8-21(26-13-15)27-10-9-19(28)14-27;1-24-16-7-6-14(9-12-5-8-17(21)23-11-12)19(22)18(16)13-3-2-4-15(20)10-13;6-4-1-2-5-3-4;;/h2-8,12-13,19,28H,9-11,14H2,1H3;2-8,10-11H,9H2,1H3;4-6H,1-3H2;1H;/i;;;1D;. The first-order chi connectivity index (χ1) is 29.5. The first kappa shape index (κ1) is 48.0. The van der Waals surface area contributed by atoms with E-state index >= 15 is 8.78 Å². The van der Waals surface area contributed by atoms with Crippen molar-refractivity contribution in [2.24, 2.45) is 0 Å². The van der Waals surface area contributed by atoms with Gasteiger partial charge in [-0.05, 0) is 103 Å². The number of pyridine rings is 2. The van der Waals surface area contributed by atoms with Gasteiger partial charge in [0.25, 0.3) is 0 Å². The van der Waals surface area contributed by atoms with Crippen LogP contribution in [0.15, 0.2) is 109 Å². The van der Waals surface area contributed by atoms with Crippen LogP contribution in [-0.4, -0.2) is 82.5 Å². The molecule has 0 amide bonds. The van der Waals surface area contributed by atoms with Crippen molar-refractivity contribution in [3.05, 3.63) is 159 Å². The smallest absolute Gasteiger partial charge is 0.212 e. The Balaban J connectivity index is 0.000000231. The van der Waals surface area contributed by atoms with Gasteiger partial charge in [-0.3, -0.25) is 0 Å². The number of benzene rings is 4. The Kier molecular flexibility index (Phi) is 18.9. The molecule has 3 N–H and O–H groups in total. The van der Waals surface area contributed by atoms with Gasteiger partial charge in [0.05, 0.1) is 37.6 Å². The van der Waals surface area contributed by atoms with Crippen molar-refractivity contribution >= 4 is 37.4 Å². The fourth-order valence-corrected chi connectivity index (χ4v) is 7.27. The fraction of sp³-hybridized carbons (Fsp3) is 0.261. The average Bonchev–Trinajstić information content (AvgIpc) is 3.95. The molecule has 8 rings (SSSR count). The number of aliphatic hydroxyl groups is 2. The number of halogens is 5. The first-order valence-electron chi connectivity index (χ1n) is 19.7. The minimum absolute atomic E-state index is 0. The van der Waals surface area contributed by atoms with E-state index in [9.17, 15) is 9.50 Å². The van der Waals surface area contributed by atoms with Crippen molar-refractivity contribution in [1.82, 2.24) is 15.3 Å². The first-order valence-corrected chi connectivity index (χ1v) is 19.9. The summed E-state index contributed by atoms with van der Waals surface area (Å²) in [6, 6.07) is 27.7. The minimum atomic E-state index is -0.562. The zero-order valence-corrected chi connectivity index (χ0v) is 39.4. The molecule has 316 valence electrons. The van der Waals surface area contributed by atoms with Crippen molar-refractivity contribution in [3.8, 4) is 33.8 Å². The Bertz CT molecular complexity index is 2330. The van der Waals surface area contributed by atoms with Gasteiger partial charge in [0, 0.05) is 94.4 Å². The number of ether oxygens (including phenoxy) is 2. The van der Waals surface area contributed by atoms with Crippen LogP contribution in [0.3, 0.4) is 0 Å². The van der Waals surface area contributed by atoms with Crippen LogP contribution in [0, 0.1) is 48.7 Å². The summed E-state index contributed by atoms with van der Waals surface area (Å²) in [6.45, 7) is 3.17. The Morgan fingerprint density at radius 3 is 1.66 bits per heavy atom. The van der Waals surface area contributed by atoms with Crippen LogP contribution in [0.1, 0.15) is 35.1 Å². The van der Waals surface area contributed by atoms with Gasteiger partial charge >= 0.3 is 0 Å². The van der Waals surface area contributed by atoms with Crippen LogP contribution in [0.2, 0.25) is 10.0 Å². The van der Waals surface area contributed by atoms with Gasteiger partial charge in [0.15, 0.2) is 0 Å². The second-order valence-electron chi connectivity index (χ2n) is 14.2. The van der Waals surface area contributed by atoms with Gasteiger partial charge in [-0.2, -0.15) is 4.39 Å². The summed E-state index contributed by atoms with van der Waals surface area (Å²) in [5.41, 5.74) is 4.74. The van der Waals surface area contributed by atoms with E-state index in [2.05, 4.69) is 28.6 Å². The molecule has 8 nitrogen and oxygen atoms in total. The predicted molar refractivity (Wildman–Crippen MR) is 234 cm³/mol. The summed E-state index contributed by atoms with van der Waals surface area (Å²) in [5, 5.41) is 22.4. The largest absolute Gasteiger partial charge is 0.496 e. The van der Waals surface area contributed by atoms with Crippen LogP contribution < -0.4 is 19.7 Å². The SMILES string of the molecule is COc1ccc(Cc2ccc(F)nc2)c(F)c1-c1cccc(Cl)c1.COc1ccc(Cc2ccc(N3CCC(O)C3)nc2)c(F)c1-c1cccc(Cl)c1.OC1CCNC1.[2H][B].[U]. The van der Waals surface area contributed by atoms with E-state index in [0.29, 0.717) is 74.3 Å². The molecule has 2 fully saturated rings. The third-order valence-corrected chi connectivity index (χ3v) is 10.4.